The normalized spacial score (nSPS) is 13.9. The van der Waals surface area contributed by atoms with Gasteiger partial charge in [-0.1, -0.05) is 35.5 Å². The first-order valence-corrected chi connectivity index (χ1v) is 11.6. The molecule has 0 unspecified atom stereocenters. The first-order valence-electron chi connectivity index (χ1n) is 11.6. The molecule has 1 aromatic heterocycles. The van der Waals surface area contributed by atoms with Crippen LogP contribution in [-0.4, -0.2) is 34.2 Å². The van der Waals surface area contributed by atoms with Crippen molar-refractivity contribution in [1.29, 1.82) is 0 Å². The minimum Gasteiger partial charge on any atom is -0.383 e. The summed E-state index contributed by atoms with van der Waals surface area (Å²) in [5, 5.41) is 5.34. The second kappa shape index (κ2) is 9.70. The van der Waals surface area contributed by atoms with E-state index >= 15 is 0 Å². The number of aryl methyl sites for hydroxylation is 1. The van der Waals surface area contributed by atoms with Crippen LogP contribution in [0.15, 0.2) is 84.1 Å². The molecule has 1 saturated heterocycles. The first kappa shape index (κ1) is 22.8. The fourth-order valence-electron chi connectivity index (χ4n) is 4.43. The lowest BCUT2D eigenvalue weighted by atomic mass is 10.0. The molecule has 0 bridgehead atoms. The van der Waals surface area contributed by atoms with Crippen molar-refractivity contribution in [2.75, 3.05) is 13.1 Å². The van der Waals surface area contributed by atoms with Gasteiger partial charge in [-0.25, -0.2) is 8.78 Å². The van der Waals surface area contributed by atoms with Crippen LogP contribution in [0.25, 0.3) is 10.9 Å². The second-order valence-electron chi connectivity index (χ2n) is 8.70. The molecule has 1 amide bonds. The SMILES string of the molecule is Cn1ccc2c(C(=O)N3CCC(=NOC(c4ccc(F)cc4)c4ccc(F)cc4)CC3)cccc21. The predicted molar refractivity (Wildman–Crippen MR) is 131 cm³/mol. The van der Waals surface area contributed by atoms with Crippen LogP contribution >= 0.6 is 0 Å². The number of piperidine rings is 1. The molecule has 0 aliphatic carbocycles. The largest absolute Gasteiger partial charge is 0.383 e. The van der Waals surface area contributed by atoms with Crippen molar-refractivity contribution in [3.8, 4) is 0 Å². The van der Waals surface area contributed by atoms with E-state index in [1.807, 2.05) is 47.0 Å². The van der Waals surface area contributed by atoms with E-state index in [-0.39, 0.29) is 17.5 Å². The Labute approximate surface area is 202 Å². The number of carbonyl (C=O) groups excluding carboxylic acids is 1. The van der Waals surface area contributed by atoms with Crippen molar-refractivity contribution in [2.45, 2.75) is 18.9 Å². The predicted octanol–water partition coefficient (Wildman–Crippen LogP) is 5.85. The van der Waals surface area contributed by atoms with E-state index in [1.54, 1.807) is 24.3 Å². The highest BCUT2D eigenvalue weighted by Crippen LogP contribution is 2.28. The number of halogens is 2. The summed E-state index contributed by atoms with van der Waals surface area (Å²) in [4.78, 5) is 21.0. The average molecular weight is 474 g/mol. The van der Waals surface area contributed by atoms with Crippen LogP contribution in [0.1, 0.15) is 40.4 Å². The second-order valence-corrected chi connectivity index (χ2v) is 8.70. The van der Waals surface area contributed by atoms with Crippen LogP contribution in [0, 0.1) is 11.6 Å². The lowest BCUT2D eigenvalue weighted by molar-refractivity contribution is 0.0733. The number of oxime groups is 1. The minimum absolute atomic E-state index is 0.0114. The number of benzene rings is 3. The molecule has 7 heteroatoms. The third-order valence-electron chi connectivity index (χ3n) is 6.42. The fourth-order valence-corrected chi connectivity index (χ4v) is 4.43. The molecule has 1 aliphatic heterocycles. The van der Waals surface area contributed by atoms with Crippen molar-refractivity contribution in [3.05, 3.63) is 107 Å². The van der Waals surface area contributed by atoms with Crippen LogP contribution in [0.2, 0.25) is 0 Å². The number of hydrogen-bond acceptors (Lipinski definition) is 3. The summed E-state index contributed by atoms with van der Waals surface area (Å²) in [6.45, 7) is 1.09. The molecule has 2 heterocycles. The average Bonchev–Trinajstić information content (AvgIpc) is 3.27. The first-order chi connectivity index (χ1) is 17.0. The van der Waals surface area contributed by atoms with Crippen LogP contribution in [-0.2, 0) is 11.9 Å². The Morgan fingerprint density at radius 3 is 2.09 bits per heavy atom. The quantitative estimate of drug-likeness (QED) is 0.341. The Balaban J connectivity index is 1.29. The third-order valence-corrected chi connectivity index (χ3v) is 6.42. The molecule has 0 radical (unpaired) electrons. The maximum absolute atomic E-state index is 13.4. The lowest BCUT2D eigenvalue weighted by Gasteiger charge is -2.28. The van der Waals surface area contributed by atoms with Crippen molar-refractivity contribution < 1.29 is 18.4 Å². The zero-order valence-electron chi connectivity index (χ0n) is 19.3. The molecule has 0 spiro atoms. The van der Waals surface area contributed by atoms with Gasteiger partial charge in [0.15, 0.2) is 6.10 Å². The van der Waals surface area contributed by atoms with Crippen LogP contribution < -0.4 is 0 Å². The summed E-state index contributed by atoms with van der Waals surface area (Å²) in [7, 11) is 1.96. The summed E-state index contributed by atoms with van der Waals surface area (Å²) in [5.74, 6) is -0.681. The number of carbonyl (C=O) groups is 1. The van der Waals surface area contributed by atoms with Gasteiger partial charge in [0.25, 0.3) is 5.91 Å². The van der Waals surface area contributed by atoms with E-state index in [0.717, 1.165) is 16.6 Å². The molecule has 1 aliphatic rings. The van der Waals surface area contributed by atoms with Crippen molar-refractivity contribution in [1.82, 2.24) is 9.47 Å². The fraction of sp³-hybridized carbons (Fsp3) is 0.214. The number of rotatable bonds is 5. The van der Waals surface area contributed by atoms with Crippen molar-refractivity contribution in [2.24, 2.45) is 12.2 Å². The van der Waals surface area contributed by atoms with Gasteiger partial charge in [-0.15, -0.1) is 0 Å². The maximum Gasteiger partial charge on any atom is 0.254 e. The highest BCUT2D eigenvalue weighted by Gasteiger charge is 2.24. The number of amides is 1. The topological polar surface area (TPSA) is 46.8 Å². The van der Waals surface area contributed by atoms with Gasteiger partial charge in [-0.05, 0) is 53.6 Å². The smallest absolute Gasteiger partial charge is 0.254 e. The molecular weight excluding hydrogens is 448 g/mol. The molecule has 0 atom stereocenters. The Morgan fingerprint density at radius 1 is 0.886 bits per heavy atom. The number of hydrogen-bond donors (Lipinski definition) is 0. The highest BCUT2D eigenvalue weighted by atomic mass is 19.1. The van der Waals surface area contributed by atoms with Gasteiger partial charge in [0.2, 0.25) is 0 Å². The van der Waals surface area contributed by atoms with Gasteiger partial charge in [0.1, 0.15) is 11.6 Å². The van der Waals surface area contributed by atoms with E-state index < -0.39 is 6.10 Å². The van der Waals surface area contributed by atoms with E-state index in [1.165, 1.54) is 24.3 Å². The maximum atomic E-state index is 13.4. The molecule has 0 N–H and O–H groups in total. The summed E-state index contributed by atoms with van der Waals surface area (Å²) in [5.41, 5.74) is 4.00. The van der Waals surface area contributed by atoms with Crippen LogP contribution in [0.3, 0.4) is 0 Å². The molecule has 178 valence electrons. The number of aromatic nitrogens is 1. The summed E-state index contributed by atoms with van der Waals surface area (Å²) < 4.78 is 28.9. The molecular formula is C28H25F2N3O2. The number of nitrogens with zero attached hydrogens (tertiary/aromatic N) is 3. The third kappa shape index (κ3) is 4.80. The van der Waals surface area contributed by atoms with E-state index in [4.69, 9.17) is 4.84 Å². The van der Waals surface area contributed by atoms with Gasteiger partial charge in [0, 0.05) is 55.6 Å². The van der Waals surface area contributed by atoms with Gasteiger partial charge in [0.05, 0.1) is 5.71 Å². The Morgan fingerprint density at radius 2 is 1.49 bits per heavy atom. The summed E-state index contributed by atoms with van der Waals surface area (Å²) in [6.07, 6.45) is 2.55. The number of fused-ring (bicyclic) bond motifs is 1. The zero-order chi connectivity index (χ0) is 24.4. The van der Waals surface area contributed by atoms with Gasteiger partial charge < -0.3 is 14.3 Å². The molecule has 35 heavy (non-hydrogen) atoms. The van der Waals surface area contributed by atoms with E-state index in [0.29, 0.717) is 42.6 Å². The van der Waals surface area contributed by atoms with Crippen molar-refractivity contribution in [3.63, 3.8) is 0 Å². The van der Waals surface area contributed by atoms with E-state index in [9.17, 15) is 13.6 Å². The monoisotopic (exact) mass is 473 g/mol. The molecule has 3 aromatic carbocycles. The number of likely N-dealkylation sites (tertiary alicyclic amines) is 1. The standard InChI is InChI=1S/C28H25F2N3O2/c1-32-16-15-24-25(3-2-4-26(24)32)28(34)33-17-13-23(14-18-33)31-35-27(19-5-9-21(29)10-6-19)20-7-11-22(30)12-8-20/h2-12,15-16,27H,13-14,17-18H2,1H3. The van der Waals surface area contributed by atoms with Crippen LogP contribution in [0.5, 0.6) is 0 Å². The van der Waals surface area contributed by atoms with Crippen molar-refractivity contribution >= 4 is 22.5 Å². The molecule has 5 rings (SSSR count). The van der Waals surface area contributed by atoms with Crippen LogP contribution in [0.4, 0.5) is 8.78 Å². The Bertz CT molecular complexity index is 1320. The zero-order valence-corrected chi connectivity index (χ0v) is 19.3. The van der Waals surface area contributed by atoms with Gasteiger partial charge in [-0.2, -0.15) is 0 Å². The van der Waals surface area contributed by atoms with Gasteiger partial charge >= 0.3 is 0 Å². The summed E-state index contributed by atoms with van der Waals surface area (Å²) in [6, 6.07) is 19.7. The Kier molecular flexibility index (Phi) is 6.31. The lowest BCUT2D eigenvalue weighted by Crippen LogP contribution is -2.38. The molecule has 4 aromatic rings. The Hall–Kier alpha value is -4.00. The molecule has 1 fully saturated rings. The summed E-state index contributed by atoms with van der Waals surface area (Å²) >= 11 is 0. The highest BCUT2D eigenvalue weighted by molar-refractivity contribution is 6.07. The van der Waals surface area contributed by atoms with Gasteiger partial charge in [-0.3, -0.25) is 4.79 Å². The molecule has 0 saturated carbocycles. The van der Waals surface area contributed by atoms with E-state index in [2.05, 4.69) is 5.16 Å². The molecule has 5 nitrogen and oxygen atoms in total. The minimum atomic E-state index is -0.598.